The first-order valence-corrected chi connectivity index (χ1v) is 7.42. The first-order valence-electron chi connectivity index (χ1n) is 7.42. The summed E-state index contributed by atoms with van der Waals surface area (Å²) in [5.74, 6) is -0.969. The second-order valence-corrected chi connectivity index (χ2v) is 5.76. The maximum absolute atomic E-state index is 14.6. The van der Waals surface area contributed by atoms with Crippen molar-refractivity contribution in [2.45, 2.75) is 0 Å². The Hall–Kier alpha value is -3.15. The lowest BCUT2D eigenvalue weighted by atomic mass is 10.1. The average Bonchev–Trinajstić information content (AvgIpc) is 3.07. The zero-order valence-electron chi connectivity index (χ0n) is 13.1. The molecule has 0 amide bonds. The lowest BCUT2D eigenvalue weighted by Gasteiger charge is -2.12. The average molecular weight is 323 g/mol. The SMILES string of the molecule is CN(C)c1ccc(-c2oc3c(ccc4[nH]cnc43)c(=O)c2F)cc1. The molecule has 0 fully saturated rings. The number of imidazole rings is 1. The normalized spacial score (nSPS) is 11.3. The molecule has 5 nitrogen and oxygen atoms in total. The van der Waals surface area contributed by atoms with E-state index in [0.717, 1.165) is 11.2 Å². The summed E-state index contributed by atoms with van der Waals surface area (Å²) in [7, 11) is 3.83. The minimum atomic E-state index is -0.894. The molecule has 0 atom stereocenters. The largest absolute Gasteiger partial charge is 0.450 e. The summed E-state index contributed by atoms with van der Waals surface area (Å²) in [6.45, 7) is 0. The molecule has 24 heavy (non-hydrogen) atoms. The van der Waals surface area contributed by atoms with Crippen molar-refractivity contribution in [2.24, 2.45) is 0 Å². The molecule has 2 aromatic carbocycles. The highest BCUT2D eigenvalue weighted by Gasteiger charge is 2.18. The Balaban J connectivity index is 2.01. The van der Waals surface area contributed by atoms with E-state index < -0.39 is 11.2 Å². The van der Waals surface area contributed by atoms with Crippen molar-refractivity contribution in [1.29, 1.82) is 0 Å². The summed E-state index contributed by atoms with van der Waals surface area (Å²) >= 11 is 0. The molecule has 2 aromatic heterocycles. The van der Waals surface area contributed by atoms with E-state index in [1.54, 1.807) is 24.3 Å². The Morgan fingerprint density at radius 2 is 1.88 bits per heavy atom. The van der Waals surface area contributed by atoms with Crippen molar-refractivity contribution >= 4 is 27.7 Å². The summed E-state index contributed by atoms with van der Waals surface area (Å²) in [4.78, 5) is 21.4. The maximum Gasteiger partial charge on any atom is 0.229 e. The summed E-state index contributed by atoms with van der Waals surface area (Å²) in [5.41, 5.74) is 2.31. The predicted molar refractivity (Wildman–Crippen MR) is 91.9 cm³/mol. The van der Waals surface area contributed by atoms with Gasteiger partial charge in [0.15, 0.2) is 11.3 Å². The number of aromatic amines is 1. The quantitative estimate of drug-likeness (QED) is 0.613. The first kappa shape index (κ1) is 14.4. The fraction of sp³-hybridized carbons (Fsp3) is 0.111. The molecule has 4 aromatic rings. The summed E-state index contributed by atoms with van der Waals surface area (Å²) in [6.07, 6.45) is 1.51. The number of halogens is 1. The minimum absolute atomic E-state index is 0.0756. The molecule has 0 saturated carbocycles. The Bertz CT molecular complexity index is 1110. The van der Waals surface area contributed by atoms with Crippen LogP contribution in [-0.4, -0.2) is 24.1 Å². The standard InChI is InChI=1S/C18H14FN3O2/c1-22(2)11-5-3-10(4-6-11)17-14(19)16(23)12-7-8-13-15(18(12)24-17)21-9-20-13/h3-9H,1-2H3,(H,20,21). The third kappa shape index (κ3) is 2.07. The molecule has 120 valence electrons. The zero-order valence-corrected chi connectivity index (χ0v) is 13.1. The van der Waals surface area contributed by atoms with Crippen molar-refractivity contribution in [3.8, 4) is 11.3 Å². The molecular formula is C18H14FN3O2. The highest BCUT2D eigenvalue weighted by Crippen LogP contribution is 2.29. The van der Waals surface area contributed by atoms with Crippen molar-refractivity contribution < 1.29 is 8.81 Å². The van der Waals surface area contributed by atoms with Crippen LogP contribution in [0.15, 0.2) is 51.9 Å². The minimum Gasteiger partial charge on any atom is -0.450 e. The number of rotatable bonds is 2. The van der Waals surface area contributed by atoms with Crippen LogP contribution in [0.2, 0.25) is 0 Å². The van der Waals surface area contributed by atoms with E-state index in [0.29, 0.717) is 11.1 Å². The van der Waals surface area contributed by atoms with E-state index in [1.165, 1.54) is 6.33 Å². The van der Waals surface area contributed by atoms with Gasteiger partial charge < -0.3 is 14.3 Å². The fourth-order valence-electron chi connectivity index (χ4n) is 2.73. The number of hydrogen-bond donors (Lipinski definition) is 1. The van der Waals surface area contributed by atoms with Gasteiger partial charge in [-0.25, -0.2) is 4.98 Å². The molecule has 2 heterocycles. The van der Waals surface area contributed by atoms with Crippen LogP contribution >= 0.6 is 0 Å². The number of aromatic nitrogens is 2. The Labute approximate surface area is 136 Å². The molecule has 4 rings (SSSR count). The van der Waals surface area contributed by atoms with Gasteiger partial charge in [0.1, 0.15) is 5.52 Å². The number of nitrogens with one attached hydrogen (secondary N) is 1. The molecule has 6 heteroatoms. The van der Waals surface area contributed by atoms with Crippen LogP contribution in [0.25, 0.3) is 33.3 Å². The molecule has 0 aliphatic rings. The second kappa shape index (κ2) is 5.19. The van der Waals surface area contributed by atoms with E-state index in [2.05, 4.69) is 9.97 Å². The lowest BCUT2D eigenvalue weighted by Crippen LogP contribution is -2.09. The summed E-state index contributed by atoms with van der Waals surface area (Å²) in [6, 6.07) is 10.4. The number of benzene rings is 2. The molecule has 0 unspecified atom stereocenters. The van der Waals surface area contributed by atoms with Gasteiger partial charge in [0.05, 0.1) is 17.2 Å². The van der Waals surface area contributed by atoms with Gasteiger partial charge in [-0.15, -0.1) is 0 Å². The molecule has 0 aliphatic carbocycles. The Morgan fingerprint density at radius 3 is 2.58 bits per heavy atom. The van der Waals surface area contributed by atoms with E-state index in [1.807, 2.05) is 31.1 Å². The van der Waals surface area contributed by atoms with Crippen LogP contribution in [0.4, 0.5) is 10.1 Å². The van der Waals surface area contributed by atoms with E-state index >= 15 is 0 Å². The molecule has 0 saturated heterocycles. The van der Waals surface area contributed by atoms with Gasteiger partial charge in [-0.1, -0.05) is 0 Å². The highest BCUT2D eigenvalue weighted by atomic mass is 19.1. The third-order valence-corrected chi connectivity index (χ3v) is 4.04. The number of hydrogen-bond acceptors (Lipinski definition) is 4. The van der Waals surface area contributed by atoms with Crippen molar-refractivity contribution in [3.05, 3.63) is 58.8 Å². The monoisotopic (exact) mass is 323 g/mol. The van der Waals surface area contributed by atoms with Gasteiger partial charge in [0.2, 0.25) is 11.2 Å². The van der Waals surface area contributed by atoms with Crippen LogP contribution in [0.3, 0.4) is 0 Å². The molecule has 0 radical (unpaired) electrons. The Kier molecular flexibility index (Phi) is 3.13. The number of anilines is 1. The van der Waals surface area contributed by atoms with E-state index in [9.17, 15) is 9.18 Å². The van der Waals surface area contributed by atoms with Crippen LogP contribution < -0.4 is 10.3 Å². The zero-order chi connectivity index (χ0) is 16.8. The fourth-order valence-corrected chi connectivity index (χ4v) is 2.73. The number of nitrogens with zero attached hydrogens (tertiary/aromatic N) is 2. The lowest BCUT2D eigenvalue weighted by molar-refractivity contribution is 0.537. The molecule has 0 bridgehead atoms. The maximum atomic E-state index is 14.6. The molecule has 0 aliphatic heterocycles. The summed E-state index contributed by atoms with van der Waals surface area (Å²) in [5, 5.41) is 0.181. The van der Waals surface area contributed by atoms with E-state index in [-0.39, 0.29) is 16.7 Å². The molecule has 1 N–H and O–H groups in total. The van der Waals surface area contributed by atoms with Crippen LogP contribution in [-0.2, 0) is 0 Å². The smallest absolute Gasteiger partial charge is 0.229 e. The highest BCUT2D eigenvalue weighted by molar-refractivity contribution is 6.00. The van der Waals surface area contributed by atoms with Crippen LogP contribution in [0, 0.1) is 5.82 Å². The second-order valence-electron chi connectivity index (χ2n) is 5.76. The van der Waals surface area contributed by atoms with Gasteiger partial charge in [-0.2, -0.15) is 4.39 Å². The topological polar surface area (TPSA) is 62.1 Å². The number of fused-ring (bicyclic) bond motifs is 3. The van der Waals surface area contributed by atoms with Gasteiger partial charge in [-0.3, -0.25) is 4.79 Å². The van der Waals surface area contributed by atoms with Crippen molar-refractivity contribution in [2.75, 3.05) is 19.0 Å². The van der Waals surface area contributed by atoms with Gasteiger partial charge >= 0.3 is 0 Å². The van der Waals surface area contributed by atoms with Gasteiger partial charge in [0, 0.05) is 25.3 Å². The van der Waals surface area contributed by atoms with Gasteiger partial charge in [-0.05, 0) is 36.4 Å². The van der Waals surface area contributed by atoms with Crippen LogP contribution in [0.1, 0.15) is 0 Å². The number of H-pyrrole nitrogens is 1. The van der Waals surface area contributed by atoms with Gasteiger partial charge in [0.25, 0.3) is 0 Å². The molecule has 0 spiro atoms. The first-order chi connectivity index (χ1) is 11.6. The summed E-state index contributed by atoms with van der Waals surface area (Å²) < 4.78 is 20.3. The van der Waals surface area contributed by atoms with Crippen molar-refractivity contribution in [1.82, 2.24) is 9.97 Å². The molecular weight excluding hydrogens is 309 g/mol. The van der Waals surface area contributed by atoms with Crippen molar-refractivity contribution in [3.63, 3.8) is 0 Å². The predicted octanol–water partition coefficient (Wildman–Crippen LogP) is 3.54. The van der Waals surface area contributed by atoms with E-state index in [4.69, 9.17) is 4.42 Å². The third-order valence-electron chi connectivity index (χ3n) is 4.04. The Morgan fingerprint density at radius 1 is 1.12 bits per heavy atom. The van der Waals surface area contributed by atoms with Crippen LogP contribution in [0.5, 0.6) is 0 Å².